The molecule has 0 saturated carbocycles. The number of carbonyl (C=O) groups excluding carboxylic acids is 1. The van der Waals surface area contributed by atoms with Crippen LogP contribution >= 0.6 is 0 Å². The number of benzene rings is 2. The number of methoxy groups -OCH3 is 1. The van der Waals surface area contributed by atoms with E-state index in [0.29, 0.717) is 35.9 Å². The van der Waals surface area contributed by atoms with Gasteiger partial charge in [0.15, 0.2) is 11.5 Å². The van der Waals surface area contributed by atoms with Crippen LogP contribution in [-0.2, 0) is 13.0 Å². The van der Waals surface area contributed by atoms with Gasteiger partial charge in [0.1, 0.15) is 0 Å². The number of aliphatic imine (C=N–C) groups is 1. The van der Waals surface area contributed by atoms with Gasteiger partial charge < -0.3 is 14.4 Å². The Hall–Kier alpha value is -2.82. The first kappa shape index (κ1) is 16.6. The van der Waals surface area contributed by atoms with Crippen molar-refractivity contribution in [2.45, 2.75) is 32.4 Å². The molecular weight excluding hydrogens is 328 g/mol. The molecule has 2 aromatic carbocycles. The van der Waals surface area contributed by atoms with Crippen LogP contribution in [-0.4, -0.2) is 36.8 Å². The van der Waals surface area contributed by atoms with E-state index in [1.165, 1.54) is 11.1 Å². The Balaban J connectivity index is 1.74. The molecule has 4 rings (SSSR count). The second-order valence-electron chi connectivity index (χ2n) is 6.62. The highest BCUT2D eigenvalue weighted by Crippen LogP contribution is 2.38. The summed E-state index contributed by atoms with van der Waals surface area (Å²) in [6, 6.07) is 11.8. The first-order valence-electron chi connectivity index (χ1n) is 8.98. The molecule has 0 aliphatic carbocycles. The van der Waals surface area contributed by atoms with Gasteiger partial charge in [-0.25, -0.2) is 0 Å². The fourth-order valence-corrected chi connectivity index (χ4v) is 3.54. The molecule has 0 fully saturated rings. The summed E-state index contributed by atoms with van der Waals surface area (Å²) in [5.74, 6) is 1.18. The largest absolute Gasteiger partial charge is 0.493 e. The molecule has 5 heteroatoms. The lowest BCUT2D eigenvalue weighted by atomic mass is 9.94. The van der Waals surface area contributed by atoms with E-state index in [1.807, 2.05) is 36.2 Å². The summed E-state index contributed by atoms with van der Waals surface area (Å²) in [7, 11) is 1.59. The van der Waals surface area contributed by atoms with Gasteiger partial charge in [0.2, 0.25) is 0 Å². The van der Waals surface area contributed by atoms with Crippen molar-refractivity contribution in [3.05, 3.63) is 53.1 Å². The van der Waals surface area contributed by atoms with Crippen LogP contribution in [0.15, 0.2) is 41.4 Å². The summed E-state index contributed by atoms with van der Waals surface area (Å²) in [5.41, 5.74) is 3.68. The third kappa shape index (κ3) is 2.83. The van der Waals surface area contributed by atoms with Crippen LogP contribution in [0, 0.1) is 0 Å². The van der Waals surface area contributed by atoms with Crippen molar-refractivity contribution < 1.29 is 14.3 Å². The molecule has 0 spiro atoms. The van der Waals surface area contributed by atoms with E-state index in [-0.39, 0.29) is 11.9 Å². The molecule has 26 heavy (non-hydrogen) atoms. The van der Waals surface area contributed by atoms with E-state index < -0.39 is 0 Å². The zero-order valence-electron chi connectivity index (χ0n) is 15.1. The van der Waals surface area contributed by atoms with Crippen molar-refractivity contribution in [3.63, 3.8) is 0 Å². The van der Waals surface area contributed by atoms with Gasteiger partial charge in [-0.05, 0) is 30.0 Å². The van der Waals surface area contributed by atoms with Gasteiger partial charge in [-0.15, -0.1) is 0 Å². The fourth-order valence-electron chi connectivity index (χ4n) is 3.54. The number of nitrogens with zero attached hydrogens (tertiary/aromatic N) is 2. The molecule has 0 unspecified atom stereocenters. The zero-order chi connectivity index (χ0) is 18.1. The summed E-state index contributed by atoms with van der Waals surface area (Å²) in [6.45, 7) is 3.24. The third-order valence-electron chi connectivity index (χ3n) is 4.91. The van der Waals surface area contributed by atoms with E-state index in [0.717, 1.165) is 12.8 Å². The highest BCUT2D eigenvalue weighted by molar-refractivity contribution is 6.03. The minimum Gasteiger partial charge on any atom is -0.493 e. The minimum absolute atomic E-state index is 0.0163. The van der Waals surface area contributed by atoms with Crippen molar-refractivity contribution >= 4 is 17.8 Å². The normalized spacial score (nSPS) is 17.8. The molecule has 2 heterocycles. The fraction of sp³-hybridized carbons (Fsp3) is 0.333. The molecule has 0 saturated heterocycles. The minimum atomic E-state index is -0.0317. The summed E-state index contributed by atoms with van der Waals surface area (Å²) in [6.07, 6.45) is 3.57. The maximum atomic E-state index is 13.2. The Kier molecular flexibility index (Phi) is 4.37. The molecular formula is C21H22N2O3. The van der Waals surface area contributed by atoms with Crippen LogP contribution in [0.3, 0.4) is 0 Å². The van der Waals surface area contributed by atoms with Crippen molar-refractivity contribution in [3.8, 4) is 11.5 Å². The second kappa shape index (κ2) is 6.83. The lowest BCUT2D eigenvalue weighted by Gasteiger charge is -2.34. The smallest absolute Gasteiger partial charge is 0.257 e. The summed E-state index contributed by atoms with van der Waals surface area (Å²) in [5, 5.41) is 0. The molecule has 2 aromatic rings. The number of hydrogen-bond acceptors (Lipinski definition) is 4. The van der Waals surface area contributed by atoms with Crippen molar-refractivity contribution in [2.24, 2.45) is 4.99 Å². The Morgan fingerprint density at radius 3 is 2.77 bits per heavy atom. The van der Waals surface area contributed by atoms with E-state index in [9.17, 15) is 4.79 Å². The number of carbonyl (C=O) groups is 1. The average molecular weight is 350 g/mol. The Labute approximate surface area is 153 Å². The number of rotatable bonds is 4. The van der Waals surface area contributed by atoms with Crippen LogP contribution in [0.4, 0.5) is 5.69 Å². The number of hydrogen-bond donors (Lipinski definition) is 0. The highest BCUT2D eigenvalue weighted by atomic mass is 16.5. The molecule has 2 aliphatic rings. The van der Waals surface area contributed by atoms with Crippen LogP contribution in [0.2, 0.25) is 0 Å². The summed E-state index contributed by atoms with van der Waals surface area (Å²) in [4.78, 5) is 19.7. The molecule has 1 amide bonds. The van der Waals surface area contributed by atoms with Gasteiger partial charge in [-0.1, -0.05) is 31.2 Å². The zero-order valence-corrected chi connectivity index (χ0v) is 15.1. The van der Waals surface area contributed by atoms with Gasteiger partial charge >= 0.3 is 0 Å². The highest BCUT2D eigenvalue weighted by Gasteiger charge is 2.33. The molecule has 5 nitrogen and oxygen atoms in total. The third-order valence-corrected chi connectivity index (χ3v) is 4.91. The summed E-state index contributed by atoms with van der Waals surface area (Å²) >= 11 is 0. The van der Waals surface area contributed by atoms with E-state index in [2.05, 4.69) is 17.1 Å². The average Bonchev–Trinajstić information content (AvgIpc) is 2.80. The van der Waals surface area contributed by atoms with E-state index in [1.54, 1.807) is 13.2 Å². The monoisotopic (exact) mass is 350 g/mol. The number of amides is 1. The summed E-state index contributed by atoms with van der Waals surface area (Å²) < 4.78 is 11.2. The lowest BCUT2D eigenvalue weighted by molar-refractivity contribution is 0.0703. The van der Waals surface area contributed by atoms with Gasteiger partial charge in [-0.2, -0.15) is 0 Å². The molecule has 0 bridgehead atoms. The van der Waals surface area contributed by atoms with Gasteiger partial charge in [-0.3, -0.25) is 9.79 Å². The Bertz CT molecular complexity index is 876. The number of ether oxygens (including phenoxy) is 2. The van der Waals surface area contributed by atoms with Crippen LogP contribution < -0.4 is 9.47 Å². The van der Waals surface area contributed by atoms with Gasteiger partial charge in [0, 0.05) is 18.8 Å². The second-order valence-corrected chi connectivity index (χ2v) is 6.62. The maximum absolute atomic E-state index is 13.2. The van der Waals surface area contributed by atoms with Crippen LogP contribution in [0.1, 0.15) is 34.8 Å². The van der Waals surface area contributed by atoms with Crippen molar-refractivity contribution in [1.82, 2.24) is 4.90 Å². The maximum Gasteiger partial charge on any atom is 0.257 e. The van der Waals surface area contributed by atoms with Crippen LogP contribution in [0.5, 0.6) is 11.5 Å². The van der Waals surface area contributed by atoms with E-state index >= 15 is 0 Å². The SMILES string of the molecule is CCCOc1cc2c(cc1OC)C(=O)N1Cc3ccccc3C[C@H]1C=N2. The molecule has 134 valence electrons. The van der Waals surface area contributed by atoms with Gasteiger partial charge in [0.25, 0.3) is 5.91 Å². The molecule has 2 aliphatic heterocycles. The first-order chi connectivity index (χ1) is 12.7. The molecule has 0 N–H and O–H groups in total. The van der Waals surface area contributed by atoms with E-state index in [4.69, 9.17) is 9.47 Å². The van der Waals surface area contributed by atoms with Gasteiger partial charge in [0.05, 0.1) is 31.0 Å². The van der Waals surface area contributed by atoms with Crippen molar-refractivity contribution in [1.29, 1.82) is 0 Å². The predicted octanol–water partition coefficient (Wildman–Crippen LogP) is 3.77. The van der Waals surface area contributed by atoms with Crippen molar-refractivity contribution in [2.75, 3.05) is 13.7 Å². The molecule has 1 atom stereocenters. The first-order valence-corrected chi connectivity index (χ1v) is 8.98. The Morgan fingerprint density at radius 2 is 2.00 bits per heavy atom. The van der Waals surface area contributed by atoms with Crippen LogP contribution in [0.25, 0.3) is 0 Å². The standard InChI is InChI=1S/C21H22N2O3/c1-3-8-26-20-11-18-17(10-19(20)25-2)21(24)23-13-15-7-5-4-6-14(15)9-16(23)12-22-18/h4-7,10-12,16H,3,8-9,13H2,1-2H3/t16-/m0/s1. The topological polar surface area (TPSA) is 51.1 Å². The predicted molar refractivity (Wildman–Crippen MR) is 101 cm³/mol. The molecule has 0 aromatic heterocycles. The molecule has 0 radical (unpaired) electrons. The number of fused-ring (bicyclic) bond motifs is 3. The Morgan fingerprint density at radius 1 is 1.19 bits per heavy atom. The lowest BCUT2D eigenvalue weighted by Crippen LogP contribution is -2.44. The quantitative estimate of drug-likeness (QED) is 0.843.